The number of anilines is 1. The van der Waals surface area contributed by atoms with Crippen LogP contribution in [0.4, 0.5) is 5.82 Å². The van der Waals surface area contributed by atoms with Gasteiger partial charge >= 0.3 is 0 Å². The van der Waals surface area contributed by atoms with Gasteiger partial charge in [-0.25, -0.2) is 4.98 Å². The van der Waals surface area contributed by atoms with Crippen LogP contribution >= 0.6 is 12.2 Å². The number of nitrogens with zero attached hydrogens (tertiary/aromatic N) is 1. The summed E-state index contributed by atoms with van der Waals surface area (Å²) >= 11 is 4.76. The van der Waals surface area contributed by atoms with Crippen LogP contribution in [-0.4, -0.2) is 15.9 Å². The molecule has 16 heavy (non-hydrogen) atoms. The molecule has 5 heteroatoms. The molecule has 1 atom stereocenters. The summed E-state index contributed by atoms with van der Waals surface area (Å²) < 4.78 is 0. The molecule has 1 heterocycles. The van der Waals surface area contributed by atoms with Gasteiger partial charge in [0.15, 0.2) is 0 Å². The van der Waals surface area contributed by atoms with Crippen LogP contribution in [-0.2, 0) is 4.79 Å². The number of aryl methyl sites for hydroxylation is 2. The van der Waals surface area contributed by atoms with Crippen molar-refractivity contribution in [2.75, 3.05) is 5.32 Å². The highest BCUT2D eigenvalue weighted by atomic mass is 32.1. The van der Waals surface area contributed by atoms with E-state index in [0.717, 1.165) is 11.3 Å². The minimum Gasteiger partial charge on any atom is -0.393 e. The molecule has 0 aromatic carbocycles. The lowest BCUT2D eigenvalue weighted by atomic mass is 10.1. The Labute approximate surface area is 100 Å². The largest absolute Gasteiger partial charge is 0.393 e. The van der Waals surface area contributed by atoms with Crippen LogP contribution in [0.1, 0.15) is 18.2 Å². The van der Waals surface area contributed by atoms with Crippen molar-refractivity contribution in [3.05, 3.63) is 23.4 Å². The quantitative estimate of drug-likeness (QED) is 0.783. The van der Waals surface area contributed by atoms with Gasteiger partial charge in [-0.05, 0) is 38.5 Å². The summed E-state index contributed by atoms with van der Waals surface area (Å²) in [7, 11) is 0. The van der Waals surface area contributed by atoms with Crippen molar-refractivity contribution >= 4 is 28.9 Å². The standard InChI is InChI=1S/C11H15N3OS/c1-6-4-7(2)13-9(5-6)14-11(15)8(3)10(12)16/h4-5,8H,1-3H3,(H2,12,16)(H,13,14,15). The van der Waals surface area contributed by atoms with Gasteiger partial charge in [-0.2, -0.15) is 0 Å². The number of hydrogen-bond acceptors (Lipinski definition) is 3. The predicted molar refractivity (Wildman–Crippen MR) is 68.3 cm³/mol. The molecule has 1 unspecified atom stereocenters. The molecule has 0 aliphatic heterocycles. The summed E-state index contributed by atoms with van der Waals surface area (Å²) in [5, 5.41) is 2.69. The second-order valence-corrected chi connectivity index (χ2v) is 4.26. The zero-order valence-electron chi connectivity index (χ0n) is 9.57. The number of hydrogen-bond donors (Lipinski definition) is 2. The van der Waals surface area contributed by atoms with E-state index < -0.39 is 5.92 Å². The van der Waals surface area contributed by atoms with Crippen molar-refractivity contribution in [2.24, 2.45) is 11.7 Å². The number of nitrogens with two attached hydrogens (primary N) is 1. The fourth-order valence-corrected chi connectivity index (χ4v) is 1.38. The van der Waals surface area contributed by atoms with E-state index in [9.17, 15) is 4.79 Å². The monoisotopic (exact) mass is 237 g/mol. The number of aromatic nitrogens is 1. The van der Waals surface area contributed by atoms with Crippen molar-refractivity contribution in [3.63, 3.8) is 0 Å². The summed E-state index contributed by atoms with van der Waals surface area (Å²) in [5.74, 6) is -0.187. The first kappa shape index (κ1) is 12.6. The molecular weight excluding hydrogens is 222 g/mol. The van der Waals surface area contributed by atoms with Crippen LogP contribution in [0.25, 0.3) is 0 Å². The van der Waals surface area contributed by atoms with Gasteiger partial charge in [-0.1, -0.05) is 12.2 Å². The van der Waals surface area contributed by atoms with Crippen molar-refractivity contribution in [1.82, 2.24) is 4.98 Å². The Morgan fingerprint density at radius 3 is 2.62 bits per heavy atom. The van der Waals surface area contributed by atoms with E-state index in [1.54, 1.807) is 13.0 Å². The maximum Gasteiger partial charge on any atom is 0.235 e. The zero-order chi connectivity index (χ0) is 12.3. The lowest BCUT2D eigenvalue weighted by molar-refractivity contribution is -0.117. The topological polar surface area (TPSA) is 68.0 Å². The second-order valence-electron chi connectivity index (χ2n) is 3.78. The maximum atomic E-state index is 11.7. The van der Waals surface area contributed by atoms with E-state index in [2.05, 4.69) is 10.3 Å². The van der Waals surface area contributed by atoms with Crippen LogP contribution in [0.2, 0.25) is 0 Å². The Kier molecular flexibility index (Phi) is 3.95. The average molecular weight is 237 g/mol. The van der Waals surface area contributed by atoms with Crippen LogP contribution in [0.15, 0.2) is 12.1 Å². The molecule has 0 spiro atoms. The lowest BCUT2D eigenvalue weighted by Crippen LogP contribution is -2.31. The van der Waals surface area contributed by atoms with E-state index in [4.69, 9.17) is 18.0 Å². The van der Waals surface area contributed by atoms with Crippen LogP contribution in [0, 0.1) is 19.8 Å². The molecule has 0 bridgehead atoms. The summed E-state index contributed by atoms with van der Waals surface area (Å²) in [6.07, 6.45) is 0. The third kappa shape index (κ3) is 3.27. The number of thiocarbonyl (C=S) groups is 1. The molecule has 0 saturated heterocycles. The number of amides is 1. The Morgan fingerprint density at radius 1 is 1.50 bits per heavy atom. The van der Waals surface area contributed by atoms with Crippen molar-refractivity contribution in [3.8, 4) is 0 Å². The van der Waals surface area contributed by atoms with Gasteiger partial charge in [0.25, 0.3) is 0 Å². The van der Waals surface area contributed by atoms with Gasteiger partial charge < -0.3 is 11.1 Å². The van der Waals surface area contributed by atoms with Crippen LogP contribution in [0.3, 0.4) is 0 Å². The first-order valence-corrected chi connectivity index (χ1v) is 5.36. The van der Waals surface area contributed by atoms with Crippen LogP contribution in [0.5, 0.6) is 0 Å². The Balaban J connectivity index is 2.81. The van der Waals surface area contributed by atoms with Crippen LogP contribution < -0.4 is 11.1 Å². The van der Waals surface area contributed by atoms with E-state index in [1.165, 1.54) is 0 Å². The lowest BCUT2D eigenvalue weighted by Gasteiger charge is -2.10. The average Bonchev–Trinajstić information content (AvgIpc) is 2.14. The predicted octanol–water partition coefficient (Wildman–Crippen LogP) is 1.56. The summed E-state index contributed by atoms with van der Waals surface area (Å²) in [6.45, 7) is 5.49. The van der Waals surface area contributed by atoms with Crippen molar-refractivity contribution in [1.29, 1.82) is 0 Å². The number of carbonyl (C=O) groups is 1. The second kappa shape index (κ2) is 5.03. The molecule has 0 saturated carbocycles. The number of pyridine rings is 1. The first-order chi connectivity index (χ1) is 7.40. The third-order valence-electron chi connectivity index (χ3n) is 2.17. The fraction of sp³-hybridized carbons (Fsp3) is 0.364. The maximum absolute atomic E-state index is 11.7. The van der Waals surface area contributed by atoms with Gasteiger partial charge in [-0.3, -0.25) is 4.79 Å². The molecule has 0 aliphatic carbocycles. The molecule has 0 radical (unpaired) electrons. The molecule has 1 aromatic rings. The first-order valence-electron chi connectivity index (χ1n) is 4.95. The summed E-state index contributed by atoms with van der Waals surface area (Å²) in [6, 6.07) is 3.74. The Bertz CT molecular complexity index is 411. The van der Waals surface area contributed by atoms with Crippen molar-refractivity contribution < 1.29 is 4.79 Å². The number of carbonyl (C=O) groups excluding carboxylic acids is 1. The summed E-state index contributed by atoms with van der Waals surface area (Å²) in [5.41, 5.74) is 7.31. The Morgan fingerprint density at radius 2 is 2.12 bits per heavy atom. The SMILES string of the molecule is Cc1cc(C)nc(NC(=O)C(C)C(N)=S)c1. The highest BCUT2D eigenvalue weighted by Crippen LogP contribution is 2.10. The highest BCUT2D eigenvalue weighted by Gasteiger charge is 2.16. The van der Waals surface area contributed by atoms with E-state index >= 15 is 0 Å². The molecule has 1 aromatic heterocycles. The number of rotatable bonds is 3. The fourth-order valence-electron chi connectivity index (χ4n) is 1.27. The summed E-state index contributed by atoms with van der Waals surface area (Å²) in [4.78, 5) is 16.0. The van der Waals surface area contributed by atoms with E-state index in [1.807, 2.05) is 19.9 Å². The van der Waals surface area contributed by atoms with E-state index in [-0.39, 0.29) is 10.9 Å². The number of nitrogens with one attached hydrogen (secondary N) is 1. The molecule has 3 N–H and O–H groups in total. The normalized spacial score (nSPS) is 11.9. The van der Waals surface area contributed by atoms with E-state index in [0.29, 0.717) is 5.82 Å². The Hall–Kier alpha value is -1.49. The molecule has 1 amide bonds. The highest BCUT2D eigenvalue weighted by molar-refractivity contribution is 7.80. The molecular formula is C11H15N3OS. The van der Waals surface area contributed by atoms with Gasteiger partial charge in [0.1, 0.15) is 5.82 Å². The molecule has 0 aliphatic rings. The minimum atomic E-state index is -0.488. The molecule has 86 valence electrons. The van der Waals surface area contributed by atoms with Gasteiger partial charge in [0.2, 0.25) is 5.91 Å². The molecule has 4 nitrogen and oxygen atoms in total. The van der Waals surface area contributed by atoms with Crippen molar-refractivity contribution in [2.45, 2.75) is 20.8 Å². The zero-order valence-corrected chi connectivity index (χ0v) is 10.4. The molecule has 0 fully saturated rings. The van der Waals surface area contributed by atoms with Gasteiger partial charge in [-0.15, -0.1) is 0 Å². The third-order valence-corrected chi connectivity index (χ3v) is 2.52. The minimum absolute atomic E-state index is 0.182. The smallest absolute Gasteiger partial charge is 0.235 e. The van der Waals surface area contributed by atoms with Gasteiger partial charge in [0, 0.05) is 5.69 Å². The molecule has 1 rings (SSSR count). The van der Waals surface area contributed by atoms with Gasteiger partial charge in [0.05, 0.1) is 10.9 Å².